The first kappa shape index (κ1) is 9.96. The van der Waals surface area contributed by atoms with E-state index in [1.54, 1.807) is 0 Å². The van der Waals surface area contributed by atoms with Crippen LogP contribution in [-0.4, -0.2) is 5.48 Å². The van der Waals surface area contributed by atoms with Gasteiger partial charge in [0.15, 0.2) is 0 Å². The molecule has 0 aromatic heterocycles. The van der Waals surface area contributed by atoms with Gasteiger partial charge < -0.3 is 5.48 Å². The molecule has 2 N–H and O–H groups in total. The summed E-state index contributed by atoms with van der Waals surface area (Å²) in [5, 5.41) is 0. The van der Waals surface area contributed by atoms with Gasteiger partial charge in [-0.15, -0.1) is 0 Å². The Bertz CT molecular complexity index is 72.8. The summed E-state index contributed by atoms with van der Waals surface area (Å²) in [7, 11) is 0. The summed E-state index contributed by atoms with van der Waals surface area (Å²) in [6.45, 7) is 4.70. The minimum atomic E-state index is 0. The summed E-state index contributed by atoms with van der Waals surface area (Å²) < 4.78 is 0. The molecule has 0 aromatic carbocycles. The topological polar surface area (TPSA) is 31.5 Å². The van der Waals surface area contributed by atoms with E-state index in [2.05, 4.69) is 13.8 Å². The average molecular weight is 144 g/mol. The highest BCUT2D eigenvalue weighted by molar-refractivity contribution is 4.68. The molecule has 0 atom stereocenters. The van der Waals surface area contributed by atoms with Crippen molar-refractivity contribution in [3.63, 3.8) is 0 Å². The molecule has 1 heteroatoms. The molecular weight excluding hydrogens is 124 g/mol. The molecule has 1 aliphatic rings. The van der Waals surface area contributed by atoms with Gasteiger partial charge in [0, 0.05) is 0 Å². The summed E-state index contributed by atoms with van der Waals surface area (Å²) >= 11 is 0. The Balaban J connectivity index is 0.000000810. The maximum atomic E-state index is 2.38. The molecule has 1 fully saturated rings. The molecule has 1 rings (SSSR count). The molecule has 0 aromatic rings. The van der Waals surface area contributed by atoms with Crippen LogP contribution >= 0.6 is 0 Å². The lowest BCUT2D eigenvalue weighted by Crippen LogP contribution is -2.10. The van der Waals surface area contributed by atoms with Crippen molar-refractivity contribution in [1.82, 2.24) is 0 Å². The van der Waals surface area contributed by atoms with Crippen LogP contribution in [0.25, 0.3) is 0 Å². The van der Waals surface area contributed by atoms with Crippen LogP contribution in [0, 0.1) is 11.8 Å². The number of hydrogen-bond donors (Lipinski definition) is 0. The Hall–Kier alpha value is -0.0400. The molecule has 1 saturated carbocycles. The van der Waals surface area contributed by atoms with Crippen molar-refractivity contribution >= 4 is 0 Å². The van der Waals surface area contributed by atoms with E-state index in [1.165, 1.54) is 32.1 Å². The summed E-state index contributed by atoms with van der Waals surface area (Å²) in [6, 6.07) is 0. The SMILES string of the molecule is CCC1CCC(C)CC1.O. The van der Waals surface area contributed by atoms with E-state index >= 15 is 0 Å². The molecule has 0 radical (unpaired) electrons. The van der Waals surface area contributed by atoms with E-state index in [0.29, 0.717) is 0 Å². The quantitative estimate of drug-likeness (QED) is 0.541. The van der Waals surface area contributed by atoms with Gasteiger partial charge in [0.05, 0.1) is 0 Å². The Morgan fingerprint density at radius 1 is 1.10 bits per heavy atom. The average Bonchev–Trinajstić information content (AvgIpc) is 1.90. The van der Waals surface area contributed by atoms with E-state index in [1.807, 2.05) is 0 Å². The van der Waals surface area contributed by atoms with E-state index in [4.69, 9.17) is 0 Å². The first-order chi connectivity index (χ1) is 4.33. The van der Waals surface area contributed by atoms with Crippen LogP contribution in [0.15, 0.2) is 0 Å². The van der Waals surface area contributed by atoms with E-state index in [0.717, 1.165) is 11.8 Å². The first-order valence-electron chi connectivity index (χ1n) is 4.33. The summed E-state index contributed by atoms with van der Waals surface area (Å²) in [5.41, 5.74) is 0. The highest BCUT2D eigenvalue weighted by Gasteiger charge is 2.15. The molecule has 0 heterocycles. The van der Waals surface area contributed by atoms with Crippen molar-refractivity contribution in [1.29, 1.82) is 0 Å². The maximum Gasteiger partial charge on any atom is -0.0417 e. The molecule has 0 aliphatic heterocycles. The maximum absolute atomic E-state index is 2.38. The van der Waals surface area contributed by atoms with Crippen LogP contribution in [0.1, 0.15) is 46.0 Å². The monoisotopic (exact) mass is 144 g/mol. The zero-order valence-corrected chi connectivity index (χ0v) is 7.19. The van der Waals surface area contributed by atoms with Crippen LogP contribution in [0.2, 0.25) is 0 Å². The zero-order valence-electron chi connectivity index (χ0n) is 7.19. The minimum Gasteiger partial charge on any atom is -0.412 e. The lowest BCUT2D eigenvalue weighted by Gasteiger charge is -2.24. The standard InChI is InChI=1S/C9H18.H2O/c1-3-9-6-4-8(2)5-7-9;/h8-9H,3-7H2,1-2H3;1H2. The van der Waals surface area contributed by atoms with Crippen molar-refractivity contribution in [2.45, 2.75) is 46.0 Å². The fourth-order valence-electron chi connectivity index (χ4n) is 1.74. The van der Waals surface area contributed by atoms with Crippen LogP contribution in [0.3, 0.4) is 0 Å². The van der Waals surface area contributed by atoms with Gasteiger partial charge in [0.1, 0.15) is 0 Å². The van der Waals surface area contributed by atoms with Crippen LogP contribution in [0.5, 0.6) is 0 Å². The molecule has 10 heavy (non-hydrogen) atoms. The minimum absolute atomic E-state index is 0. The van der Waals surface area contributed by atoms with Gasteiger partial charge in [-0.25, -0.2) is 0 Å². The molecule has 0 unspecified atom stereocenters. The fraction of sp³-hybridized carbons (Fsp3) is 1.00. The zero-order chi connectivity index (χ0) is 6.69. The van der Waals surface area contributed by atoms with Crippen molar-refractivity contribution in [3.8, 4) is 0 Å². The lowest BCUT2D eigenvalue weighted by atomic mass is 9.82. The van der Waals surface area contributed by atoms with E-state index in [-0.39, 0.29) is 5.48 Å². The molecule has 0 saturated heterocycles. The molecule has 0 amide bonds. The highest BCUT2D eigenvalue weighted by atomic mass is 16.0. The van der Waals surface area contributed by atoms with Gasteiger partial charge in [-0.05, 0) is 11.8 Å². The Kier molecular flexibility index (Phi) is 4.71. The van der Waals surface area contributed by atoms with Gasteiger partial charge in [-0.1, -0.05) is 46.0 Å². The molecular formula is C9H20O. The molecule has 1 nitrogen and oxygen atoms in total. The van der Waals surface area contributed by atoms with Crippen LogP contribution in [0.4, 0.5) is 0 Å². The lowest BCUT2D eigenvalue weighted by molar-refractivity contribution is 0.284. The van der Waals surface area contributed by atoms with Crippen molar-refractivity contribution in [2.24, 2.45) is 11.8 Å². The molecule has 1 aliphatic carbocycles. The van der Waals surface area contributed by atoms with Gasteiger partial charge in [0.25, 0.3) is 0 Å². The Morgan fingerprint density at radius 2 is 1.60 bits per heavy atom. The van der Waals surface area contributed by atoms with Gasteiger partial charge in [0.2, 0.25) is 0 Å². The molecule has 0 spiro atoms. The highest BCUT2D eigenvalue weighted by Crippen LogP contribution is 2.29. The second-order valence-corrected chi connectivity index (χ2v) is 3.53. The third kappa shape index (κ3) is 2.70. The van der Waals surface area contributed by atoms with Gasteiger partial charge >= 0.3 is 0 Å². The van der Waals surface area contributed by atoms with Crippen molar-refractivity contribution in [2.75, 3.05) is 0 Å². The summed E-state index contributed by atoms with van der Waals surface area (Å²) in [6.07, 6.45) is 7.37. The van der Waals surface area contributed by atoms with Crippen molar-refractivity contribution in [3.05, 3.63) is 0 Å². The van der Waals surface area contributed by atoms with Gasteiger partial charge in [-0.3, -0.25) is 0 Å². The van der Waals surface area contributed by atoms with E-state index in [9.17, 15) is 0 Å². The predicted molar refractivity (Wildman–Crippen MR) is 45.0 cm³/mol. The first-order valence-corrected chi connectivity index (χ1v) is 4.33. The molecule has 62 valence electrons. The third-order valence-electron chi connectivity index (χ3n) is 2.71. The summed E-state index contributed by atoms with van der Waals surface area (Å²) in [5.74, 6) is 2.09. The molecule has 0 bridgehead atoms. The number of hydrogen-bond acceptors (Lipinski definition) is 0. The van der Waals surface area contributed by atoms with Crippen LogP contribution < -0.4 is 0 Å². The smallest absolute Gasteiger partial charge is 0.0417 e. The fourth-order valence-corrected chi connectivity index (χ4v) is 1.74. The van der Waals surface area contributed by atoms with E-state index < -0.39 is 0 Å². The van der Waals surface area contributed by atoms with Gasteiger partial charge in [-0.2, -0.15) is 0 Å². The summed E-state index contributed by atoms with van der Waals surface area (Å²) in [4.78, 5) is 0. The Morgan fingerprint density at radius 3 is 2.00 bits per heavy atom. The Labute approximate surface area is 64.1 Å². The normalized spacial score (nSPS) is 33.0. The largest absolute Gasteiger partial charge is 0.412 e. The number of rotatable bonds is 1. The van der Waals surface area contributed by atoms with Crippen molar-refractivity contribution < 1.29 is 5.48 Å². The predicted octanol–water partition coefficient (Wildman–Crippen LogP) is 2.40. The second kappa shape index (κ2) is 4.73. The van der Waals surface area contributed by atoms with Crippen LogP contribution in [-0.2, 0) is 0 Å². The third-order valence-corrected chi connectivity index (χ3v) is 2.71. The second-order valence-electron chi connectivity index (χ2n) is 3.53.